The van der Waals surface area contributed by atoms with Crippen molar-refractivity contribution in [1.82, 2.24) is 0 Å². The second-order valence-electron chi connectivity index (χ2n) is 6.12. The Labute approximate surface area is 167 Å². The van der Waals surface area contributed by atoms with E-state index in [2.05, 4.69) is 5.32 Å². The van der Waals surface area contributed by atoms with Crippen LogP contribution in [0, 0.1) is 10.1 Å². The van der Waals surface area contributed by atoms with E-state index in [0.29, 0.717) is 0 Å². The summed E-state index contributed by atoms with van der Waals surface area (Å²) in [5.74, 6) is -1.32. The van der Waals surface area contributed by atoms with E-state index in [1.54, 1.807) is 0 Å². The SMILES string of the molecule is CCc1cccc(CC)c1NC(=O)C(C)OC(=O)c1ccc(Cl)c([N+](=O)[O-])c1. The van der Waals surface area contributed by atoms with Crippen LogP contribution in [0.2, 0.25) is 5.02 Å². The second kappa shape index (κ2) is 9.32. The molecule has 0 bridgehead atoms. The van der Waals surface area contributed by atoms with Gasteiger partial charge in [-0.2, -0.15) is 0 Å². The van der Waals surface area contributed by atoms with Crippen LogP contribution in [0.3, 0.4) is 0 Å². The fourth-order valence-corrected chi connectivity index (χ4v) is 2.88. The summed E-state index contributed by atoms with van der Waals surface area (Å²) < 4.78 is 5.18. The van der Waals surface area contributed by atoms with Crippen LogP contribution in [0.1, 0.15) is 42.3 Å². The van der Waals surface area contributed by atoms with Crippen molar-refractivity contribution in [3.63, 3.8) is 0 Å². The normalized spacial score (nSPS) is 11.6. The number of ether oxygens (including phenoxy) is 1. The lowest BCUT2D eigenvalue weighted by molar-refractivity contribution is -0.384. The van der Waals surface area contributed by atoms with Gasteiger partial charge in [0.2, 0.25) is 0 Å². The first-order valence-corrected chi connectivity index (χ1v) is 9.22. The number of nitrogens with zero attached hydrogens (tertiary/aromatic N) is 1. The van der Waals surface area contributed by atoms with Crippen molar-refractivity contribution in [2.45, 2.75) is 39.7 Å². The highest BCUT2D eigenvalue weighted by Crippen LogP contribution is 2.26. The molecule has 2 aromatic carbocycles. The average Bonchev–Trinajstić information content (AvgIpc) is 2.67. The molecule has 148 valence electrons. The maximum absolute atomic E-state index is 12.5. The highest BCUT2D eigenvalue weighted by molar-refractivity contribution is 6.32. The Kier molecular flexibility index (Phi) is 7.12. The van der Waals surface area contributed by atoms with Gasteiger partial charge in [0.25, 0.3) is 11.6 Å². The molecule has 1 atom stereocenters. The van der Waals surface area contributed by atoms with E-state index in [0.717, 1.165) is 35.7 Å². The molecule has 0 saturated carbocycles. The third-order valence-electron chi connectivity index (χ3n) is 4.28. The van der Waals surface area contributed by atoms with E-state index in [4.69, 9.17) is 16.3 Å². The minimum atomic E-state index is -1.09. The largest absolute Gasteiger partial charge is 0.449 e. The number of nitrogens with one attached hydrogen (secondary N) is 1. The quantitative estimate of drug-likeness (QED) is 0.414. The number of hydrogen-bond donors (Lipinski definition) is 1. The zero-order chi connectivity index (χ0) is 20.8. The molecule has 0 aliphatic heterocycles. The summed E-state index contributed by atoms with van der Waals surface area (Å²) in [6.45, 7) is 5.42. The number of hydrogen-bond acceptors (Lipinski definition) is 5. The van der Waals surface area contributed by atoms with Gasteiger partial charge in [0.1, 0.15) is 5.02 Å². The Bertz CT molecular complexity index is 891. The highest BCUT2D eigenvalue weighted by Gasteiger charge is 2.23. The highest BCUT2D eigenvalue weighted by atomic mass is 35.5. The Hall–Kier alpha value is -2.93. The van der Waals surface area contributed by atoms with Crippen molar-refractivity contribution in [2.75, 3.05) is 5.32 Å². The van der Waals surface area contributed by atoms with Crippen LogP contribution < -0.4 is 5.32 Å². The third kappa shape index (κ3) is 4.86. The van der Waals surface area contributed by atoms with Crippen LogP contribution in [-0.4, -0.2) is 22.9 Å². The Morgan fingerprint density at radius 3 is 2.32 bits per heavy atom. The monoisotopic (exact) mass is 404 g/mol. The number of anilines is 1. The molecule has 0 radical (unpaired) electrons. The van der Waals surface area contributed by atoms with E-state index in [1.165, 1.54) is 19.1 Å². The van der Waals surface area contributed by atoms with Gasteiger partial charge in [-0.3, -0.25) is 14.9 Å². The van der Waals surface area contributed by atoms with Gasteiger partial charge in [0, 0.05) is 11.8 Å². The van der Waals surface area contributed by atoms with Crippen molar-refractivity contribution >= 4 is 34.9 Å². The molecule has 0 aromatic heterocycles. The smallest absolute Gasteiger partial charge is 0.339 e. The predicted molar refractivity (Wildman–Crippen MR) is 107 cm³/mol. The fraction of sp³-hybridized carbons (Fsp3) is 0.300. The van der Waals surface area contributed by atoms with Gasteiger partial charge < -0.3 is 10.1 Å². The number of benzene rings is 2. The first-order valence-electron chi connectivity index (χ1n) is 8.85. The minimum absolute atomic E-state index is 0.0565. The number of halogens is 1. The van der Waals surface area contributed by atoms with Crippen LogP contribution in [0.4, 0.5) is 11.4 Å². The van der Waals surface area contributed by atoms with Crippen LogP contribution >= 0.6 is 11.6 Å². The van der Waals surface area contributed by atoms with Crippen LogP contribution in [0.5, 0.6) is 0 Å². The number of rotatable bonds is 7. The lowest BCUT2D eigenvalue weighted by Gasteiger charge is -2.18. The topological polar surface area (TPSA) is 98.5 Å². The number of esters is 1. The molecule has 0 aliphatic rings. The summed E-state index contributed by atoms with van der Waals surface area (Å²) in [4.78, 5) is 35.1. The van der Waals surface area contributed by atoms with Crippen molar-refractivity contribution in [3.05, 3.63) is 68.2 Å². The molecular weight excluding hydrogens is 384 g/mol. The zero-order valence-electron chi connectivity index (χ0n) is 15.8. The van der Waals surface area contributed by atoms with E-state index in [1.807, 2.05) is 32.0 Å². The van der Waals surface area contributed by atoms with E-state index in [-0.39, 0.29) is 10.6 Å². The maximum Gasteiger partial charge on any atom is 0.339 e. The van der Waals surface area contributed by atoms with Crippen molar-refractivity contribution < 1.29 is 19.2 Å². The van der Waals surface area contributed by atoms with Crippen molar-refractivity contribution in [3.8, 4) is 0 Å². The van der Waals surface area contributed by atoms with Gasteiger partial charge >= 0.3 is 5.97 Å². The van der Waals surface area contributed by atoms with E-state index >= 15 is 0 Å². The predicted octanol–water partition coefficient (Wildman–Crippen LogP) is 4.56. The fourth-order valence-electron chi connectivity index (χ4n) is 2.69. The summed E-state index contributed by atoms with van der Waals surface area (Å²) >= 11 is 5.74. The maximum atomic E-state index is 12.5. The van der Waals surface area contributed by atoms with Crippen molar-refractivity contribution in [1.29, 1.82) is 0 Å². The van der Waals surface area contributed by atoms with Gasteiger partial charge in [0.15, 0.2) is 6.10 Å². The first kappa shape index (κ1) is 21.4. The van der Waals surface area contributed by atoms with Gasteiger partial charge in [-0.25, -0.2) is 4.79 Å². The molecule has 1 amide bonds. The molecular formula is C20H21ClN2O5. The second-order valence-corrected chi connectivity index (χ2v) is 6.53. The molecule has 7 nitrogen and oxygen atoms in total. The summed E-state index contributed by atoms with van der Waals surface area (Å²) in [7, 11) is 0. The number of para-hydroxylation sites is 1. The van der Waals surface area contributed by atoms with Crippen LogP contribution in [0.15, 0.2) is 36.4 Å². The van der Waals surface area contributed by atoms with Crippen molar-refractivity contribution in [2.24, 2.45) is 0 Å². The summed E-state index contributed by atoms with van der Waals surface area (Å²) in [6.07, 6.45) is 0.398. The van der Waals surface area contributed by atoms with Crippen LogP contribution in [0.25, 0.3) is 0 Å². The van der Waals surface area contributed by atoms with Crippen LogP contribution in [-0.2, 0) is 22.4 Å². The molecule has 0 aliphatic carbocycles. The number of nitro benzene ring substituents is 1. The van der Waals surface area contributed by atoms with Gasteiger partial charge in [-0.1, -0.05) is 43.6 Å². The van der Waals surface area contributed by atoms with Gasteiger partial charge in [0.05, 0.1) is 10.5 Å². The van der Waals surface area contributed by atoms with E-state index < -0.39 is 28.6 Å². The lowest BCUT2D eigenvalue weighted by Crippen LogP contribution is -2.30. The van der Waals surface area contributed by atoms with Gasteiger partial charge in [-0.05, 0) is 43.0 Å². The molecule has 0 fully saturated rings. The standard InChI is InChI=1S/C20H21ClN2O5/c1-4-13-7-6-8-14(5-2)18(13)22-19(24)12(3)28-20(25)15-9-10-16(21)17(11-15)23(26)27/h6-12H,4-5H2,1-3H3,(H,22,24). The third-order valence-corrected chi connectivity index (χ3v) is 4.60. The first-order chi connectivity index (χ1) is 13.3. The Morgan fingerprint density at radius 2 is 1.79 bits per heavy atom. The van der Waals surface area contributed by atoms with Gasteiger partial charge in [-0.15, -0.1) is 0 Å². The molecule has 0 saturated heterocycles. The molecule has 8 heteroatoms. The lowest BCUT2D eigenvalue weighted by atomic mass is 10.0. The number of carbonyl (C=O) groups excluding carboxylic acids is 2. The number of aryl methyl sites for hydroxylation is 2. The minimum Gasteiger partial charge on any atom is -0.449 e. The number of carbonyl (C=O) groups is 2. The molecule has 1 unspecified atom stereocenters. The summed E-state index contributed by atoms with van der Waals surface area (Å²) in [6, 6.07) is 9.37. The summed E-state index contributed by atoms with van der Waals surface area (Å²) in [5.41, 5.74) is 2.23. The van der Waals surface area contributed by atoms with E-state index in [9.17, 15) is 19.7 Å². The number of amides is 1. The molecule has 28 heavy (non-hydrogen) atoms. The zero-order valence-corrected chi connectivity index (χ0v) is 16.6. The molecule has 0 heterocycles. The molecule has 2 rings (SSSR count). The number of nitro groups is 1. The molecule has 0 spiro atoms. The molecule has 1 N–H and O–H groups in total. The average molecular weight is 405 g/mol. The molecule has 2 aromatic rings. The summed E-state index contributed by atoms with van der Waals surface area (Å²) in [5, 5.41) is 13.7. The Balaban J connectivity index is 2.14. The Morgan fingerprint density at radius 1 is 1.18 bits per heavy atom.